The molecule has 1 aromatic heterocycles. The van der Waals surface area contributed by atoms with Gasteiger partial charge in [0.05, 0.1) is 18.8 Å². The van der Waals surface area contributed by atoms with Crippen molar-refractivity contribution < 1.29 is 9.53 Å². The van der Waals surface area contributed by atoms with E-state index in [-0.39, 0.29) is 11.8 Å². The summed E-state index contributed by atoms with van der Waals surface area (Å²) in [6, 6.07) is 1.26. The van der Waals surface area contributed by atoms with Gasteiger partial charge in [0.25, 0.3) is 0 Å². The topological polar surface area (TPSA) is 80.5 Å². The molecular formula is C14H24N4O2. The van der Waals surface area contributed by atoms with E-state index in [2.05, 4.69) is 10.3 Å². The van der Waals surface area contributed by atoms with Gasteiger partial charge in [-0.15, -0.1) is 0 Å². The Morgan fingerprint density at radius 2 is 2.20 bits per heavy atom. The van der Waals surface area contributed by atoms with Crippen molar-refractivity contribution >= 4 is 17.3 Å². The van der Waals surface area contributed by atoms with Gasteiger partial charge in [0.1, 0.15) is 5.69 Å². The number of carbonyl (C=O) groups is 1. The van der Waals surface area contributed by atoms with Crippen LogP contribution in [0.4, 0.5) is 11.4 Å². The van der Waals surface area contributed by atoms with Crippen LogP contribution < -0.4 is 20.7 Å². The number of nitrogens with two attached hydrogens (primary N) is 1. The summed E-state index contributed by atoms with van der Waals surface area (Å²) in [5, 5.41) is 2.83. The fraction of sp³-hybridized carbons (Fsp3) is 0.571. The third kappa shape index (κ3) is 3.60. The number of hydrogen-bond acceptors (Lipinski definition) is 5. The first-order chi connectivity index (χ1) is 9.42. The van der Waals surface area contributed by atoms with Gasteiger partial charge in [-0.05, 0) is 12.0 Å². The van der Waals surface area contributed by atoms with Crippen molar-refractivity contribution in [3.63, 3.8) is 0 Å². The lowest BCUT2D eigenvalue weighted by molar-refractivity contribution is -0.118. The maximum atomic E-state index is 12.2. The van der Waals surface area contributed by atoms with Gasteiger partial charge in [0.2, 0.25) is 11.8 Å². The number of hydrogen-bond donors (Lipinski definition) is 2. The molecule has 0 fully saturated rings. The van der Waals surface area contributed by atoms with Crippen molar-refractivity contribution in [3.8, 4) is 5.88 Å². The number of pyridine rings is 1. The second kappa shape index (κ2) is 7.09. The quantitative estimate of drug-likeness (QED) is 0.824. The molecule has 3 N–H and O–H groups in total. The monoisotopic (exact) mass is 280 g/mol. The fourth-order valence-corrected chi connectivity index (χ4v) is 1.80. The van der Waals surface area contributed by atoms with Crippen molar-refractivity contribution in [1.82, 2.24) is 4.98 Å². The summed E-state index contributed by atoms with van der Waals surface area (Å²) < 4.78 is 5.21. The molecule has 0 saturated heterocycles. The Morgan fingerprint density at radius 1 is 1.55 bits per heavy atom. The molecule has 6 nitrogen and oxygen atoms in total. The lowest BCUT2D eigenvalue weighted by Gasteiger charge is -2.22. The van der Waals surface area contributed by atoms with Gasteiger partial charge in [-0.25, -0.2) is 4.98 Å². The van der Waals surface area contributed by atoms with Crippen LogP contribution in [0.25, 0.3) is 0 Å². The average Bonchev–Trinajstić information content (AvgIpc) is 2.45. The molecule has 1 heterocycles. The predicted octanol–water partition coefficient (Wildman–Crippen LogP) is 1.47. The third-order valence-electron chi connectivity index (χ3n) is 3.38. The molecule has 0 aliphatic heterocycles. The molecule has 6 heteroatoms. The second-order valence-electron chi connectivity index (χ2n) is 5.01. The van der Waals surface area contributed by atoms with E-state index in [1.807, 2.05) is 38.9 Å². The average molecular weight is 280 g/mol. The van der Waals surface area contributed by atoms with Crippen molar-refractivity contribution in [2.75, 3.05) is 31.4 Å². The van der Waals surface area contributed by atoms with E-state index in [0.29, 0.717) is 11.6 Å². The number of rotatable bonds is 6. The molecule has 0 aromatic carbocycles. The van der Waals surface area contributed by atoms with Gasteiger partial charge in [0.15, 0.2) is 0 Å². The molecule has 1 unspecified atom stereocenters. The number of aromatic nitrogens is 1. The highest BCUT2D eigenvalue weighted by atomic mass is 16.5. The third-order valence-corrected chi connectivity index (χ3v) is 3.38. The lowest BCUT2D eigenvalue weighted by Crippen LogP contribution is -2.41. The van der Waals surface area contributed by atoms with E-state index < -0.39 is 6.04 Å². The van der Waals surface area contributed by atoms with Crippen LogP contribution in [0, 0.1) is 5.92 Å². The smallest absolute Gasteiger partial charge is 0.241 e. The van der Waals surface area contributed by atoms with Gasteiger partial charge in [-0.2, -0.15) is 0 Å². The summed E-state index contributed by atoms with van der Waals surface area (Å²) in [7, 11) is 5.30. The molecule has 0 aliphatic rings. The molecule has 112 valence electrons. The first-order valence-electron chi connectivity index (χ1n) is 6.69. The van der Waals surface area contributed by atoms with Gasteiger partial charge >= 0.3 is 0 Å². The van der Waals surface area contributed by atoms with Crippen molar-refractivity contribution in [2.24, 2.45) is 11.7 Å². The second-order valence-corrected chi connectivity index (χ2v) is 5.01. The normalized spacial score (nSPS) is 13.5. The summed E-state index contributed by atoms with van der Waals surface area (Å²) in [4.78, 5) is 18.2. The molecular weight excluding hydrogens is 256 g/mol. The van der Waals surface area contributed by atoms with Crippen molar-refractivity contribution in [3.05, 3.63) is 12.3 Å². The SMILES string of the molecule is CCC(C)[C@H](N)C(=O)Nc1c(N(C)C)ccnc1OC. The van der Waals surface area contributed by atoms with Gasteiger partial charge < -0.3 is 20.7 Å². The minimum Gasteiger partial charge on any atom is -0.479 e. The highest BCUT2D eigenvalue weighted by Crippen LogP contribution is 2.32. The first kappa shape index (κ1) is 16.2. The summed E-state index contributed by atoms with van der Waals surface area (Å²) in [6.45, 7) is 3.96. The largest absolute Gasteiger partial charge is 0.479 e. The highest BCUT2D eigenvalue weighted by molar-refractivity contribution is 5.99. The van der Waals surface area contributed by atoms with Crippen LogP contribution in [0.1, 0.15) is 20.3 Å². The predicted molar refractivity (Wildman–Crippen MR) is 81.2 cm³/mol. The van der Waals surface area contributed by atoms with Crippen LogP contribution in [0.5, 0.6) is 5.88 Å². The standard InChI is InChI=1S/C14H24N4O2/c1-6-9(2)11(15)13(19)17-12-10(18(3)4)7-8-16-14(12)20-5/h7-9,11H,6,15H2,1-5H3,(H,17,19)/t9?,11-/m0/s1. The Kier molecular flexibility index (Phi) is 5.76. The molecule has 1 aromatic rings. The van der Waals surface area contributed by atoms with Gasteiger partial charge in [-0.1, -0.05) is 20.3 Å². The minimum atomic E-state index is -0.556. The van der Waals surface area contributed by atoms with Crippen LogP contribution in [0.15, 0.2) is 12.3 Å². The van der Waals surface area contributed by atoms with E-state index >= 15 is 0 Å². The Balaban J connectivity index is 3.04. The van der Waals surface area contributed by atoms with Crippen LogP contribution in [0.2, 0.25) is 0 Å². The summed E-state index contributed by atoms with van der Waals surface area (Å²) in [5.74, 6) is 0.259. The lowest BCUT2D eigenvalue weighted by atomic mass is 9.99. The van der Waals surface area contributed by atoms with Gasteiger partial charge in [0, 0.05) is 20.3 Å². The molecule has 0 spiro atoms. The molecule has 0 bridgehead atoms. The number of anilines is 2. The number of methoxy groups -OCH3 is 1. The van der Waals surface area contributed by atoms with Crippen LogP contribution >= 0.6 is 0 Å². The summed E-state index contributed by atoms with van der Waals surface area (Å²) in [5.41, 5.74) is 7.32. The Morgan fingerprint density at radius 3 is 2.70 bits per heavy atom. The number of carbonyl (C=O) groups excluding carboxylic acids is 1. The zero-order chi connectivity index (χ0) is 15.3. The molecule has 1 rings (SSSR count). The molecule has 0 radical (unpaired) electrons. The minimum absolute atomic E-state index is 0.112. The molecule has 2 atom stereocenters. The number of nitrogens with zero attached hydrogens (tertiary/aromatic N) is 2. The van der Waals surface area contributed by atoms with Crippen molar-refractivity contribution in [1.29, 1.82) is 0 Å². The van der Waals surface area contributed by atoms with E-state index in [1.54, 1.807) is 6.20 Å². The van der Waals surface area contributed by atoms with E-state index in [9.17, 15) is 4.79 Å². The van der Waals surface area contributed by atoms with Crippen LogP contribution in [0.3, 0.4) is 0 Å². The first-order valence-corrected chi connectivity index (χ1v) is 6.69. The van der Waals surface area contributed by atoms with Crippen molar-refractivity contribution in [2.45, 2.75) is 26.3 Å². The number of ether oxygens (including phenoxy) is 1. The Labute approximate surface area is 120 Å². The summed E-state index contributed by atoms with van der Waals surface area (Å²) >= 11 is 0. The highest BCUT2D eigenvalue weighted by Gasteiger charge is 2.22. The zero-order valence-electron chi connectivity index (χ0n) is 12.8. The maximum Gasteiger partial charge on any atom is 0.241 e. The number of amides is 1. The number of nitrogens with one attached hydrogen (secondary N) is 1. The zero-order valence-corrected chi connectivity index (χ0v) is 12.8. The van der Waals surface area contributed by atoms with Crippen LogP contribution in [-0.4, -0.2) is 38.1 Å². The molecule has 20 heavy (non-hydrogen) atoms. The molecule has 0 aliphatic carbocycles. The Hall–Kier alpha value is -1.82. The van der Waals surface area contributed by atoms with E-state index in [4.69, 9.17) is 10.5 Å². The molecule has 1 amide bonds. The Bertz CT molecular complexity index is 462. The molecule has 0 saturated carbocycles. The summed E-state index contributed by atoms with van der Waals surface area (Å²) in [6.07, 6.45) is 2.48. The van der Waals surface area contributed by atoms with E-state index in [0.717, 1.165) is 12.1 Å². The maximum absolute atomic E-state index is 12.2. The van der Waals surface area contributed by atoms with Crippen LogP contribution in [-0.2, 0) is 4.79 Å². The van der Waals surface area contributed by atoms with Gasteiger partial charge in [-0.3, -0.25) is 4.79 Å². The fourth-order valence-electron chi connectivity index (χ4n) is 1.80. The van der Waals surface area contributed by atoms with E-state index in [1.165, 1.54) is 7.11 Å².